The normalized spacial score (nSPS) is 34.1. The van der Waals surface area contributed by atoms with Crippen molar-refractivity contribution in [2.45, 2.75) is 50.7 Å². The number of hydrogen-bond donors (Lipinski definition) is 1. The Morgan fingerprint density at radius 3 is 2.65 bits per heavy atom. The van der Waals surface area contributed by atoms with Crippen LogP contribution in [0.3, 0.4) is 0 Å². The molecule has 0 bridgehead atoms. The van der Waals surface area contributed by atoms with Gasteiger partial charge in [-0.05, 0) is 32.4 Å². The van der Waals surface area contributed by atoms with E-state index in [9.17, 15) is 5.11 Å². The first-order valence-corrected chi connectivity index (χ1v) is 7.89. The van der Waals surface area contributed by atoms with Gasteiger partial charge in [-0.25, -0.2) is 0 Å². The molecule has 2 aliphatic rings. The zero-order valence-electron chi connectivity index (χ0n) is 13.7. The first kappa shape index (κ1) is 16.7. The van der Waals surface area contributed by atoms with Crippen LogP contribution < -0.4 is 4.74 Å². The molecule has 1 aromatic carbocycles. The zero-order valence-corrected chi connectivity index (χ0v) is 13.7. The highest BCUT2D eigenvalue weighted by molar-refractivity contribution is 5.28. The van der Waals surface area contributed by atoms with Crippen LogP contribution in [0.5, 0.6) is 5.75 Å². The molecular weight excluding hydrogens is 300 g/mol. The number of aliphatic hydroxyl groups is 1. The molecule has 23 heavy (non-hydrogen) atoms. The summed E-state index contributed by atoms with van der Waals surface area (Å²) in [6.45, 7) is 4.47. The first-order chi connectivity index (χ1) is 11.0. The van der Waals surface area contributed by atoms with E-state index in [0.717, 1.165) is 11.3 Å². The van der Waals surface area contributed by atoms with Crippen LogP contribution in [0, 0.1) is 0 Å². The van der Waals surface area contributed by atoms with Crippen LogP contribution >= 0.6 is 0 Å². The first-order valence-electron chi connectivity index (χ1n) is 7.89. The van der Waals surface area contributed by atoms with Gasteiger partial charge in [0.05, 0.1) is 26.4 Å². The summed E-state index contributed by atoms with van der Waals surface area (Å²) < 4.78 is 28.3. The number of hydrogen-bond acceptors (Lipinski definition) is 6. The Morgan fingerprint density at radius 2 is 1.96 bits per heavy atom. The quantitative estimate of drug-likeness (QED) is 0.917. The van der Waals surface area contributed by atoms with E-state index in [1.807, 2.05) is 38.1 Å². The van der Waals surface area contributed by atoms with E-state index < -0.39 is 24.3 Å². The van der Waals surface area contributed by atoms with E-state index in [-0.39, 0.29) is 12.7 Å². The van der Waals surface area contributed by atoms with Crippen molar-refractivity contribution < 1.29 is 28.8 Å². The maximum Gasteiger partial charge on any atom is 0.184 e. The lowest BCUT2D eigenvalue weighted by molar-refractivity contribution is -0.341. The maximum absolute atomic E-state index is 10.2. The van der Waals surface area contributed by atoms with Crippen molar-refractivity contribution >= 4 is 0 Å². The lowest BCUT2D eigenvalue weighted by Gasteiger charge is -2.44. The summed E-state index contributed by atoms with van der Waals surface area (Å²) in [6.07, 6.45) is -1.17. The molecule has 0 unspecified atom stereocenters. The molecule has 4 atom stereocenters. The van der Waals surface area contributed by atoms with Gasteiger partial charge in [-0.15, -0.1) is 0 Å². The molecule has 2 heterocycles. The molecule has 2 aliphatic heterocycles. The van der Waals surface area contributed by atoms with Crippen molar-refractivity contribution in [2.75, 3.05) is 20.3 Å². The van der Waals surface area contributed by atoms with E-state index in [4.69, 9.17) is 23.7 Å². The van der Waals surface area contributed by atoms with Crippen molar-refractivity contribution in [2.24, 2.45) is 0 Å². The number of methoxy groups -OCH3 is 1. The predicted octanol–water partition coefficient (Wildman–Crippen LogP) is 2.01. The number of aliphatic hydroxyl groups excluding tert-OH is 1. The van der Waals surface area contributed by atoms with Gasteiger partial charge in [0.2, 0.25) is 0 Å². The Balaban J connectivity index is 1.69. The molecule has 2 fully saturated rings. The average molecular weight is 324 g/mol. The minimum atomic E-state index is -0.721. The van der Waals surface area contributed by atoms with Crippen LogP contribution in [-0.2, 0) is 18.9 Å². The molecule has 3 rings (SSSR count). The predicted molar refractivity (Wildman–Crippen MR) is 82.1 cm³/mol. The SMILES string of the molecule is COc1ccc([C@@H]2OCC[C@H]([C@@H]3OC(C)(C)OC[C@H]3O)O2)cc1. The van der Waals surface area contributed by atoms with Gasteiger partial charge in [0, 0.05) is 5.56 Å². The summed E-state index contributed by atoms with van der Waals surface area (Å²) in [7, 11) is 1.63. The molecule has 0 spiro atoms. The second-order valence-electron chi connectivity index (χ2n) is 6.30. The third kappa shape index (κ3) is 3.84. The highest BCUT2D eigenvalue weighted by Gasteiger charge is 2.42. The Bertz CT molecular complexity index is 514. The summed E-state index contributed by atoms with van der Waals surface area (Å²) in [4.78, 5) is 0. The van der Waals surface area contributed by atoms with E-state index >= 15 is 0 Å². The summed E-state index contributed by atoms with van der Waals surface area (Å²) in [5.41, 5.74) is 0.913. The van der Waals surface area contributed by atoms with Gasteiger partial charge in [0.15, 0.2) is 12.1 Å². The lowest BCUT2D eigenvalue weighted by Crippen LogP contribution is -2.55. The van der Waals surface area contributed by atoms with Crippen LogP contribution in [0.1, 0.15) is 32.1 Å². The maximum atomic E-state index is 10.2. The second kappa shape index (κ2) is 6.75. The minimum absolute atomic E-state index is 0.242. The fourth-order valence-corrected chi connectivity index (χ4v) is 2.88. The van der Waals surface area contributed by atoms with Gasteiger partial charge < -0.3 is 28.8 Å². The van der Waals surface area contributed by atoms with Crippen molar-refractivity contribution in [3.05, 3.63) is 29.8 Å². The van der Waals surface area contributed by atoms with Crippen LogP contribution in [0.2, 0.25) is 0 Å². The topological polar surface area (TPSA) is 66.4 Å². The average Bonchev–Trinajstić information content (AvgIpc) is 2.57. The van der Waals surface area contributed by atoms with Crippen molar-refractivity contribution in [3.63, 3.8) is 0 Å². The van der Waals surface area contributed by atoms with Gasteiger partial charge in [-0.2, -0.15) is 0 Å². The number of rotatable bonds is 3. The van der Waals surface area contributed by atoms with Crippen molar-refractivity contribution in [1.82, 2.24) is 0 Å². The summed E-state index contributed by atoms with van der Waals surface area (Å²) in [5.74, 6) is 0.0623. The van der Waals surface area contributed by atoms with E-state index in [0.29, 0.717) is 13.0 Å². The highest BCUT2D eigenvalue weighted by atomic mass is 16.7. The Morgan fingerprint density at radius 1 is 1.22 bits per heavy atom. The second-order valence-corrected chi connectivity index (χ2v) is 6.30. The fraction of sp³-hybridized carbons (Fsp3) is 0.647. The standard InChI is InChI=1S/C17H24O6/c1-17(2)21-10-13(18)15(23-17)14-8-9-20-16(22-14)11-4-6-12(19-3)7-5-11/h4-7,13-16,18H,8-10H2,1-3H3/t13-,14-,15-,16-/m1/s1. The summed E-state index contributed by atoms with van der Waals surface area (Å²) in [5, 5.41) is 10.2. The third-order valence-electron chi connectivity index (χ3n) is 4.13. The number of ether oxygens (including phenoxy) is 5. The van der Waals surface area contributed by atoms with Gasteiger partial charge >= 0.3 is 0 Å². The molecule has 0 aliphatic carbocycles. The van der Waals surface area contributed by atoms with Gasteiger partial charge in [-0.1, -0.05) is 12.1 Å². The highest BCUT2D eigenvalue weighted by Crippen LogP contribution is 2.33. The molecule has 0 aromatic heterocycles. The molecule has 6 heteroatoms. The van der Waals surface area contributed by atoms with Gasteiger partial charge in [0.25, 0.3) is 0 Å². The van der Waals surface area contributed by atoms with E-state index in [2.05, 4.69) is 0 Å². The molecule has 0 saturated carbocycles. The number of benzene rings is 1. The lowest BCUT2D eigenvalue weighted by atomic mass is 10.0. The van der Waals surface area contributed by atoms with Gasteiger partial charge in [0.1, 0.15) is 18.0 Å². The Kier molecular flexibility index (Phi) is 4.89. The van der Waals surface area contributed by atoms with Crippen LogP contribution in [0.15, 0.2) is 24.3 Å². The van der Waals surface area contributed by atoms with Crippen LogP contribution in [0.4, 0.5) is 0 Å². The smallest absolute Gasteiger partial charge is 0.184 e. The van der Waals surface area contributed by atoms with Crippen molar-refractivity contribution in [3.8, 4) is 5.75 Å². The third-order valence-corrected chi connectivity index (χ3v) is 4.13. The molecule has 6 nitrogen and oxygen atoms in total. The minimum Gasteiger partial charge on any atom is -0.497 e. The zero-order chi connectivity index (χ0) is 16.4. The summed E-state index contributed by atoms with van der Waals surface area (Å²) >= 11 is 0. The molecule has 2 saturated heterocycles. The van der Waals surface area contributed by atoms with E-state index in [1.54, 1.807) is 7.11 Å². The van der Waals surface area contributed by atoms with Crippen LogP contribution in [-0.4, -0.2) is 49.5 Å². The largest absolute Gasteiger partial charge is 0.497 e. The van der Waals surface area contributed by atoms with Gasteiger partial charge in [-0.3, -0.25) is 0 Å². The molecule has 0 radical (unpaired) electrons. The molecule has 0 amide bonds. The molecular formula is C17H24O6. The van der Waals surface area contributed by atoms with Crippen molar-refractivity contribution in [1.29, 1.82) is 0 Å². The molecule has 1 N–H and O–H groups in total. The fourth-order valence-electron chi connectivity index (χ4n) is 2.88. The summed E-state index contributed by atoms with van der Waals surface area (Å²) in [6, 6.07) is 7.57. The molecule has 128 valence electrons. The Hall–Kier alpha value is -1.18. The van der Waals surface area contributed by atoms with Crippen LogP contribution in [0.25, 0.3) is 0 Å². The Labute approximate surface area is 136 Å². The van der Waals surface area contributed by atoms with E-state index in [1.165, 1.54) is 0 Å². The monoisotopic (exact) mass is 324 g/mol. The molecule has 1 aromatic rings.